The average Bonchev–Trinajstić information content (AvgIpc) is 2.14. The molecule has 3 nitrogen and oxygen atoms in total. The van der Waals surface area contributed by atoms with E-state index in [1.807, 2.05) is 6.07 Å². The van der Waals surface area contributed by atoms with Crippen molar-refractivity contribution in [2.24, 2.45) is 0 Å². The van der Waals surface area contributed by atoms with Crippen molar-refractivity contribution in [2.75, 3.05) is 7.11 Å². The fourth-order valence-corrected chi connectivity index (χ4v) is 1.46. The highest BCUT2D eigenvalue weighted by Gasteiger charge is 1.97. The Bertz CT molecular complexity index is 372. The summed E-state index contributed by atoms with van der Waals surface area (Å²) in [4.78, 5) is 10.3. The number of methoxy groups -OCH3 is 1. The Hall–Kier alpha value is -1.29. The Morgan fingerprint density at radius 1 is 1.50 bits per heavy atom. The molecule has 0 saturated carbocycles. The molecule has 0 radical (unpaired) electrons. The maximum Gasteiger partial charge on any atom is 0.328 e. The predicted octanol–water partition coefficient (Wildman–Crippen LogP) is 2.56. The minimum absolute atomic E-state index is 0.685. The van der Waals surface area contributed by atoms with E-state index in [0.717, 1.165) is 16.1 Å². The summed E-state index contributed by atoms with van der Waals surface area (Å²) in [5.74, 6) is -0.284. The third-order valence-electron chi connectivity index (χ3n) is 1.55. The van der Waals surface area contributed by atoms with Gasteiger partial charge in [-0.1, -0.05) is 15.9 Å². The molecule has 0 heterocycles. The molecule has 1 rings (SSSR count). The van der Waals surface area contributed by atoms with Gasteiger partial charge in [0.05, 0.1) is 7.11 Å². The van der Waals surface area contributed by atoms with Gasteiger partial charge in [0.15, 0.2) is 0 Å². The fraction of sp³-hybridized carbons (Fsp3) is 0.100. The maximum atomic E-state index is 10.3. The van der Waals surface area contributed by atoms with Crippen molar-refractivity contribution in [1.29, 1.82) is 0 Å². The van der Waals surface area contributed by atoms with E-state index in [1.54, 1.807) is 19.2 Å². The summed E-state index contributed by atoms with van der Waals surface area (Å²) in [6.45, 7) is 0. The quantitative estimate of drug-likeness (QED) is 0.846. The molecule has 1 N–H and O–H groups in total. The molecule has 0 atom stereocenters. The smallest absolute Gasteiger partial charge is 0.328 e. The molecule has 0 unspecified atom stereocenters. The SMILES string of the molecule is COc1cc(Br)cc(/C=C/C(=O)O)c1. The monoisotopic (exact) mass is 256 g/mol. The molecule has 1 aromatic carbocycles. The van der Waals surface area contributed by atoms with Gasteiger partial charge in [-0.2, -0.15) is 0 Å². The molecule has 4 heteroatoms. The van der Waals surface area contributed by atoms with Gasteiger partial charge in [0, 0.05) is 10.5 Å². The summed E-state index contributed by atoms with van der Waals surface area (Å²) >= 11 is 3.30. The third-order valence-corrected chi connectivity index (χ3v) is 2.01. The lowest BCUT2D eigenvalue weighted by molar-refractivity contribution is -0.131. The molecule has 0 aliphatic carbocycles. The van der Waals surface area contributed by atoms with Crippen LogP contribution >= 0.6 is 15.9 Å². The first kappa shape index (κ1) is 10.8. The average molecular weight is 257 g/mol. The number of carboxylic acids is 1. The van der Waals surface area contributed by atoms with Gasteiger partial charge in [-0.25, -0.2) is 4.79 Å². The summed E-state index contributed by atoms with van der Waals surface area (Å²) in [5, 5.41) is 8.44. The molecule has 0 fully saturated rings. The van der Waals surface area contributed by atoms with Crippen LogP contribution < -0.4 is 4.74 Å². The Balaban J connectivity index is 2.97. The largest absolute Gasteiger partial charge is 0.497 e. The van der Waals surface area contributed by atoms with Gasteiger partial charge in [-0.05, 0) is 29.8 Å². The van der Waals surface area contributed by atoms with Gasteiger partial charge in [0.1, 0.15) is 5.75 Å². The molecule has 1 aromatic rings. The zero-order valence-electron chi connectivity index (χ0n) is 7.53. The van der Waals surface area contributed by atoms with E-state index in [-0.39, 0.29) is 0 Å². The van der Waals surface area contributed by atoms with Crippen LogP contribution in [0, 0.1) is 0 Å². The molecule has 0 aliphatic rings. The number of rotatable bonds is 3. The second kappa shape index (κ2) is 4.81. The molecule has 14 heavy (non-hydrogen) atoms. The zero-order valence-corrected chi connectivity index (χ0v) is 9.11. The van der Waals surface area contributed by atoms with Gasteiger partial charge >= 0.3 is 5.97 Å². The van der Waals surface area contributed by atoms with Gasteiger partial charge < -0.3 is 9.84 Å². The van der Waals surface area contributed by atoms with E-state index in [2.05, 4.69) is 15.9 Å². The summed E-state index contributed by atoms with van der Waals surface area (Å²) in [6.07, 6.45) is 2.59. The number of carbonyl (C=O) groups is 1. The molecule has 0 bridgehead atoms. The number of ether oxygens (including phenoxy) is 1. The highest BCUT2D eigenvalue weighted by molar-refractivity contribution is 9.10. The van der Waals surface area contributed by atoms with Crippen molar-refractivity contribution < 1.29 is 14.6 Å². The summed E-state index contributed by atoms with van der Waals surface area (Å²) < 4.78 is 5.88. The normalized spacial score (nSPS) is 10.4. The van der Waals surface area contributed by atoms with Gasteiger partial charge in [0.25, 0.3) is 0 Å². The van der Waals surface area contributed by atoms with E-state index in [9.17, 15) is 4.79 Å². The minimum atomic E-state index is -0.969. The molecule has 0 aromatic heterocycles. The lowest BCUT2D eigenvalue weighted by atomic mass is 10.2. The number of carboxylic acid groups (broad SMARTS) is 1. The van der Waals surface area contributed by atoms with Crippen molar-refractivity contribution in [3.8, 4) is 5.75 Å². The first-order chi connectivity index (χ1) is 6.61. The third kappa shape index (κ3) is 3.22. The van der Waals surface area contributed by atoms with E-state index < -0.39 is 5.97 Å². The Morgan fingerprint density at radius 2 is 2.21 bits per heavy atom. The first-order valence-corrected chi connectivity index (χ1v) is 4.66. The number of benzene rings is 1. The summed E-state index contributed by atoms with van der Waals surface area (Å²) in [7, 11) is 1.56. The van der Waals surface area contributed by atoms with E-state index in [0.29, 0.717) is 5.75 Å². The highest BCUT2D eigenvalue weighted by Crippen LogP contribution is 2.21. The fourth-order valence-electron chi connectivity index (χ4n) is 0.966. The van der Waals surface area contributed by atoms with Crippen molar-refractivity contribution >= 4 is 28.0 Å². The maximum absolute atomic E-state index is 10.3. The van der Waals surface area contributed by atoms with Crippen LogP contribution in [-0.4, -0.2) is 18.2 Å². The Labute approximate surface area is 90.1 Å². The van der Waals surface area contributed by atoms with Crippen molar-refractivity contribution in [1.82, 2.24) is 0 Å². The number of aliphatic carboxylic acids is 1. The van der Waals surface area contributed by atoms with Crippen LogP contribution in [0.5, 0.6) is 5.75 Å². The van der Waals surface area contributed by atoms with Crippen molar-refractivity contribution in [2.45, 2.75) is 0 Å². The van der Waals surface area contributed by atoms with Crippen LogP contribution in [0.3, 0.4) is 0 Å². The van der Waals surface area contributed by atoms with E-state index >= 15 is 0 Å². The van der Waals surface area contributed by atoms with Crippen LogP contribution in [0.4, 0.5) is 0 Å². The van der Waals surface area contributed by atoms with Crippen LogP contribution in [-0.2, 0) is 4.79 Å². The van der Waals surface area contributed by atoms with Crippen molar-refractivity contribution in [3.05, 3.63) is 34.3 Å². The molecule has 0 saturated heterocycles. The molecule has 0 spiro atoms. The topological polar surface area (TPSA) is 46.5 Å². The first-order valence-electron chi connectivity index (χ1n) is 3.87. The molecule has 0 amide bonds. The second-order valence-electron chi connectivity index (χ2n) is 2.60. The van der Waals surface area contributed by atoms with E-state index in [1.165, 1.54) is 6.08 Å². The van der Waals surface area contributed by atoms with Gasteiger partial charge in [0.2, 0.25) is 0 Å². The van der Waals surface area contributed by atoms with Crippen molar-refractivity contribution in [3.63, 3.8) is 0 Å². The zero-order chi connectivity index (χ0) is 10.6. The van der Waals surface area contributed by atoms with Gasteiger partial charge in [-0.3, -0.25) is 0 Å². The Morgan fingerprint density at radius 3 is 2.79 bits per heavy atom. The molecule has 74 valence electrons. The predicted molar refractivity (Wildman–Crippen MR) is 57.4 cm³/mol. The van der Waals surface area contributed by atoms with Crippen LogP contribution in [0.1, 0.15) is 5.56 Å². The van der Waals surface area contributed by atoms with Crippen LogP contribution in [0.2, 0.25) is 0 Å². The standard InChI is InChI=1S/C10H9BrO3/c1-14-9-5-7(2-3-10(12)13)4-8(11)6-9/h2-6H,1H3,(H,12,13)/b3-2+. The van der Waals surface area contributed by atoms with Crippen LogP contribution in [0.15, 0.2) is 28.7 Å². The Kier molecular flexibility index (Phi) is 3.71. The molecular weight excluding hydrogens is 248 g/mol. The second-order valence-corrected chi connectivity index (χ2v) is 3.51. The number of hydrogen-bond acceptors (Lipinski definition) is 2. The lowest BCUT2D eigenvalue weighted by Gasteiger charge is -2.01. The minimum Gasteiger partial charge on any atom is -0.497 e. The van der Waals surface area contributed by atoms with Crippen LogP contribution in [0.25, 0.3) is 6.08 Å². The lowest BCUT2D eigenvalue weighted by Crippen LogP contribution is -1.87. The summed E-state index contributed by atoms with van der Waals surface area (Å²) in [6, 6.07) is 5.37. The highest BCUT2D eigenvalue weighted by atomic mass is 79.9. The molecular formula is C10H9BrO3. The number of halogens is 1. The number of hydrogen-bond donors (Lipinski definition) is 1. The summed E-state index contributed by atoms with van der Waals surface area (Å²) in [5.41, 5.74) is 0.777. The van der Waals surface area contributed by atoms with E-state index in [4.69, 9.17) is 9.84 Å². The van der Waals surface area contributed by atoms with Gasteiger partial charge in [-0.15, -0.1) is 0 Å². The molecule has 0 aliphatic heterocycles.